The zero-order valence-electron chi connectivity index (χ0n) is 11.3. The first-order valence-electron chi connectivity index (χ1n) is 6.90. The topological polar surface area (TPSA) is 36.4 Å². The van der Waals surface area contributed by atoms with E-state index in [1.165, 1.54) is 4.70 Å². The second-order valence-electron chi connectivity index (χ2n) is 5.63. The number of hydrogen-bond acceptors (Lipinski definition) is 4. The summed E-state index contributed by atoms with van der Waals surface area (Å²) in [6, 6.07) is 8.20. The molecule has 3 rings (SSSR count). The van der Waals surface area contributed by atoms with Crippen molar-refractivity contribution in [1.29, 1.82) is 0 Å². The summed E-state index contributed by atoms with van der Waals surface area (Å²) >= 11 is 1.71. The van der Waals surface area contributed by atoms with Crippen LogP contribution in [0.4, 0.5) is 0 Å². The molecular formula is C15H20N2OS. The van der Waals surface area contributed by atoms with Crippen molar-refractivity contribution in [3.05, 3.63) is 29.3 Å². The van der Waals surface area contributed by atoms with Crippen LogP contribution in [0.1, 0.15) is 24.3 Å². The lowest BCUT2D eigenvalue weighted by atomic mass is 9.91. The smallest absolute Gasteiger partial charge is 0.0967 e. The minimum Gasteiger partial charge on any atom is -0.389 e. The number of aliphatic hydroxyl groups is 1. The van der Waals surface area contributed by atoms with Crippen LogP contribution >= 0.6 is 11.3 Å². The number of rotatable bonds is 2. The summed E-state index contributed by atoms with van der Waals surface area (Å²) in [5.41, 5.74) is 0.482. The van der Waals surface area contributed by atoms with Gasteiger partial charge in [0.1, 0.15) is 0 Å². The van der Waals surface area contributed by atoms with Crippen molar-refractivity contribution in [2.45, 2.75) is 31.3 Å². The van der Waals surface area contributed by atoms with E-state index in [-0.39, 0.29) is 0 Å². The number of likely N-dealkylation sites (tertiary alicyclic amines) is 1. The maximum Gasteiger partial charge on any atom is 0.0967 e. The Hall–Kier alpha value is -0.970. The summed E-state index contributed by atoms with van der Waals surface area (Å²) in [7, 11) is 2.13. The van der Waals surface area contributed by atoms with Crippen molar-refractivity contribution in [3.63, 3.8) is 0 Å². The average Bonchev–Trinajstić information content (AvgIpc) is 2.70. The van der Waals surface area contributed by atoms with Crippen molar-refractivity contribution >= 4 is 21.6 Å². The third-order valence-corrected chi connectivity index (χ3v) is 5.00. The Bertz CT molecular complexity index is 535. The Morgan fingerprint density at radius 1 is 1.32 bits per heavy atom. The summed E-state index contributed by atoms with van der Waals surface area (Å²) in [6.07, 6.45) is 3.49. The highest BCUT2D eigenvalue weighted by atomic mass is 32.1. The third kappa shape index (κ3) is 2.96. The Morgan fingerprint density at radius 3 is 3.00 bits per heavy atom. The van der Waals surface area contributed by atoms with E-state index < -0.39 is 5.60 Å². The van der Waals surface area contributed by atoms with Gasteiger partial charge in [-0.05, 0) is 45.0 Å². The van der Waals surface area contributed by atoms with Gasteiger partial charge in [0.2, 0.25) is 0 Å². The third-order valence-electron chi connectivity index (χ3n) is 3.96. The SMILES string of the molecule is CN1CCCC(O)(Cc2nc3ccccc3s2)CC1. The molecule has 0 radical (unpaired) electrons. The van der Waals surface area contributed by atoms with Crippen molar-refractivity contribution in [3.8, 4) is 0 Å². The number of para-hydroxylation sites is 1. The van der Waals surface area contributed by atoms with Crippen molar-refractivity contribution in [1.82, 2.24) is 9.88 Å². The van der Waals surface area contributed by atoms with Gasteiger partial charge in [-0.15, -0.1) is 11.3 Å². The standard InChI is InChI=1S/C15H20N2OS/c1-17-9-4-7-15(18,8-10-17)11-14-16-12-5-2-3-6-13(12)19-14/h2-3,5-6,18H,4,7-11H2,1H3. The quantitative estimate of drug-likeness (QED) is 0.916. The lowest BCUT2D eigenvalue weighted by Crippen LogP contribution is -2.32. The number of thiazole rings is 1. The Balaban J connectivity index is 1.79. The fourth-order valence-corrected chi connectivity index (χ4v) is 3.87. The fourth-order valence-electron chi connectivity index (χ4n) is 2.77. The predicted molar refractivity (Wildman–Crippen MR) is 79.6 cm³/mol. The molecule has 0 spiro atoms. The van der Waals surface area contributed by atoms with E-state index in [1.54, 1.807) is 11.3 Å². The van der Waals surface area contributed by atoms with Gasteiger partial charge < -0.3 is 10.0 Å². The van der Waals surface area contributed by atoms with Gasteiger partial charge in [0.25, 0.3) is 0 Å². The van der Waals surface area contributed by atoms with Crippen molar-refractivity contribution in [2.24, 2.45) is 0 Å². The highest BCUT2D eigenvalue weighted by molar-refractivity contribution is 7.18. The molecule has 19 heavy (non-hydrogen) atoms. The number of benzene rings is 1. The van der Waals surface area contributed by atoms with Gasteiger partial charge in [-0.3, -0.25) is 0 Å². The van der Waals surface area contributed by atoms with Gasteiger partial charge in [0.15, 0.2) is 0 Å². The fraction of sp³-hybridized carbons (Fsp3) is 0.533. The monoisotopic (exact) mass is 276 g/mol. The van der Waals surface area contributed by atoms with Crippen molar-refractivity contribution < 1.29 is 5.11 Å². The molecule has 102 valence electrons. The average molecular weight is 276 g/mol. The van der Waals surface area contributed by atoms with E-state index in [4.69, 9.17) is 0 Å². The molecule has 1 unspecified atom stereocenters. The molecule has 4 heteroatoms. The normalized spacial score (nSPS) is 25.6. The summed E-state index contributed by atoms with van der Waals surface area (Å²) in [6.45, 7) is 2.06. The van der Waals surface area contributed by atoms with E-state index in [1.807, 2.05) is 18.2 Å². The summed E-state index contributed by atoms with van der Waals surface area (Å²) < 4.78 is 1.21. The molecule has 1 aromatic carbocycles. The molecule has 1 saturated heterocycles. The van der Waals surface area contributed by atoms with Crippen LogP contribution in [-0.4, -0.2) is 40.7 Å². The van der Waals surface area contributed by atoms with E-state index >= 15 is 0 Å². The minimum absolute atomic E-state index is 0.571. The summed E-state index contributed by atoms with van der Waals surface area (Å²) in [4.78, 5) is 6.95. The van der Waals surface area contributed by atoms with E-state index in [9.17, 15) is 5.11 Å². The first kappa shape index (κ1) is 13.0. The van der Waals surface area contributed by atoms with Crippen LogP contribution in [0.15, 0.2) is 24.3 Å². The van der Waals surface area contributed by atoms with Crippen LogP contribution in [-0.2, 0) is 6.42 Å². The molecule has 0 saturated carbocycles. The lowest BCUT2D eigenvalue weighted by molar-refractivity contribution is 0.0263. The number of aromatic nitrogens is 1. The summed E-state index contributed by atoms with van der Waals surface area (Å²) in [5, 5.41) is 11.9. The van der Waals surface area contributed by atoms with Crippen LogP contribution in [0.3, 0.4) is 0 Å². The first-order chi connectivity index (χ1) is 9.15. The molecule has 1 aliphatic rings. The predicted octanol–water partition coefficient (Wildman–Crippen LogP) is 2.69. The molecule has 0 aliphatic carbocycles. The van der Waals surface area contributed by atoms with Crippen LogP contribution in [0.2, 0.25) is 0 Å². The molecule has 2 aromatic rings. The van der Waals surface area contributed by atoms with Gasteiger partial charge in [-0.1, -0.05) is 12.1 Å². The van der Waals surface area contributed by atoms with E-state index in [2.05, 4.69) is 23.0 Å². The molecule has 3 nitrogen and oxygen atoms in total. The molecule has 2 heterocycles. The lowest BCUT2D eigenvalue weighted by Gasteiger charge is -2.25. The zero-order chi connectivity index (χ0) is 13.3. The maximum absolute atomic E-state index is 10.8. The molecule has 0 bridgehead atoms. The first-order valence-corrected chi connectivity index (χ1v) is 7.72. The van der Waals surface area contributed by atoms with Crippen LogP contribution in [0.5, 0.6) is 0 Å². The van der Waals surface area contributed by atoms with Gasteiger partial charge in [0, 0.05) is 13.0 Å². The Kier molecular flexibility index (Phi) is 3.56. The van der Waals surface area contributed by atoms with Gasteiger partial charge in [-0.2, -0.15) is 0 Å². The molecule has 1 aromatic heterocycles. The molecule has 0 amide bonds. The van der Waals surface area contributed by atoms with Crippen LogP contribution < -0.4 is 0 Å². The molecular weight excluding hydrogens is 256 g/mol. The van der Waals surface area contributed by atoms with Gasteiger partial charge in [-0.25, -0.2) is 4.98 Å². The minimum atomic E-state index is -0.571. The van der Waals surface area contributed by atoms with E-state index in [0.717, 1.165) is 42.9 Å². The maximum atomic E-state index is 10.8. The van der Waals surface area contributed by atoms with E-state index in [0.29, 0.717) is 6.42 Å². The molecule has 1 atom stereocenters. The van der Waals surface area contributed by atoms with Gasteiger partial charge >= 0.3 is 0 Å². The Morgan fingerprint density at radius 2 is 2.16 bits per heavy atom. The van der Waals surface area contributed by atoms with Crippen LogP contribution in [0.25, 0.3) is 10.2 Å². The van der Waals surface area contributed by atoms with Crippen molar-refractivity contribution in [2.75, 3.05) is 20.1 Å². The molecule has 1 aliphatic heterocycles. The highest BCUT2D eigenvalue weighted by Crippen LogP contribution is 2.30. The zero-order valence-corrected chi connectivity index (χ0v) is 12.1. The molecule has 1 N–H and O–H groups in total. The molecule has 1 fully saturated rings. The highest BCUT2D eigenvalue weighted by Gasteiger charge is 2.30. The van der Waals surface area contributed by atoms with Crippen LogP contribution in [0, 0.1) is 0 Å². The second kappa shape index (κ2) is 5.19. The largest absolute Gasteiger partial charge is 0.389 e. The number of nitrogens with zero attached hydrogens (tertiary/aromatic N) is 2. The summed E-state index contributed by atoms with van der Waals surface area (Å²) in [5.74, 6) is 0. The number of fused-ring (bicyclic) bond motifs is 1. The number of hydrogen-bond donors (Lipinski definition) is 1. The second-order valence-corrected chi connectivity index (χ2v) is 6.75. The Labute approximate surface area is 117 Å². The van der Waals surface area contributed by atoms with Gasteiger partial charge in [0.05, 0.1) is 20.8 Å².